The number of rotatable bonds is 6. The molecule has 2 aromatic carbocycles. The summed E-state index contributed by atoms with van der Waals surface area (Å²) >= 11 is 1.06. The smallest absolute Gasteiger partial charge is 0.338 e. The molecule has 0 saturated carbocycles. The van der Waals surface area contributed by atoms with Crippen molar-refractivity contribution < 1.29 is 24.3 Å². The SMILES string of the molecule is CCOC(=O)C1=C(C)n2c(s/c(=C/c3ccccc3[N+](=O)[O-])c2=O)=N[C@@H]1c1ccc(O)c(OC)c1. The minimum atomic E-state index is -0.819. The molecule has 1 atom stereocenters. The maximum atomic E-state index is 13.3. The molecule has 0 amide bonds. The molecule has 1 N–H and O–H groups in total. The standard InChI is InChI=1S/C24H21N3O7S/c1-4-34-23(30)20-13(2)26-22(29)19(12-14-7-5-6-8-16(14)27(31)32)35-24(26)25-21(20)15-9-10-17(28)18(11-15)33-3/h5-12,21,28H,4H2,1-3H3/b19-12+/t21-/m1/s1. The van der Waals surface area contributed by atoms with Crippen LogP contribution < -0.4 is 19.6 Å². The largest absolute Gasteiger partial charge is 0.504 e. The van der Waals surface area contributed by atoms with Crippen LogP contribution in [0.3, 0.4) is 0 Å². The van der Waals surface area contributed by atoms with E-state index in [0.29, 0.717) is 16.1 Å². The maximum Gasteiger partial charge on any atom is 0.338 e. The summed E-state index contributed by atoms with van der Waals surface area (Å²) in [6.07, 6.45) is 1.45. The Hall–Kier alpha value is -4.25. The summed E-state index contributed by atoms with van der Waals surface area (Å²) in [5.41, 5.74) is 0.763. The van der Waals surface area contributed by atoms with E-state index >= 15 is 0 Å². The number of benzene rings is 2. The minimum absolute atomic E-state index is 0.0696. The molecular weight excluding hydrogens is 474 g/mol. The fourth-order valence-electron chi connectivity index (χ4n) is 3.84. The van der Waals surface area contributed by atoms with E-state index in [1.807, 2.05) is 0 Å². The van der Waals surface area contributed by atoms with Crippen molar-refractivity contribution >= 4 is 34.8 Å². The molecule has 1 aliphatic rings. The number of hydrogen-bond acceptors (Lipinski definition) is 9. The number of nitro benzene ring substituents is 1. The first kappa shape index (κ1) is 23.9. The van der Waals surface area contributed by atoms with E-state index in [9.17, 15) is 24.8 Å². The first-order chi connectivity index (χ1) is 16.8. The maximum absolute atomic E-state index is 13.3. The number of phenolic OH excluding ortho intramolecular Hbond substituents is 1. The number of allylic oxidation sites excluding steroid dienone is 1. The van der Waals surface area contributed by atoms with Gasteiger partial charge in [-0.1, -0.05) is 29.5 Å². The Bertz CT molecular complexity index is 1550. The molecular formula is C24H21N3O7S. The van der Waals surface area contributed by atoms with E-state index in [1.165, 1.54) is 29.9 Å². The highest BCUT2D eigenvalue weighted by molar-refractivity contribution is 7.07. The third kappa shape index (κ3) is 4.33. The Labute approximate surface area is 202 Å². The molecule has 0 bridgehead atoms. The number of methoxy groups -OCH3 is 1. The molecule has 0 fully saturated rings. The summed E-state index contributed by atoms with van der Waals surface area (Å²) in [4.78, 5) is 42.1. The second-order valence-electron chi connectivity index (χ2n) is 7.53. The predicted octanol–water partition coefficient (Wildman–Crippen LogP) is 2.53. The average Bonchev–Trinajstić information content (AvgIpc) is 3.14. The van der Waals surface area contributed by atoms with Crippen molar-refractivity contribution in [2.45, 2.75) is 19.9 Å². The normalized spacial score (nSPS) is 15.4. The lowest BCUT2D eigenvalue weighted by Gasteiger charge is -2.22. The van der Waals surface area contributed by atoms with Crippen LogP contribution in [0.1, 0.15) is 31.0 Å². The van der Waals surface area contributed by atoms with Crippen molar-refractivity contribution in [2.75, 3.05) is 13.7 Å². The van der Waals surface area contributed by atoms with Crippen molar-refractivity contribution in [3.63, 3.8) is 0 Å². The quantitative estimate of drug-likeness (QED) is 0.316. The Morgan fingerprint density at radius 2 is 2.06 bits per heavy atom. The van der Waals surface area contributed by atoms with Crippen LogP contribution in [0.5, 0.6) is 11.5 Å². The molecule has 0 radical (unpaired) electrons. The van der Waals surface area contributed by atoms with E-state index in [4.69, 9.17) is 9.47 Å². The number of esters is 1. The molecule has 1 aromatic heterocycles. The van der Waals surface area contributed by atoms with E-state index in [-0.39, 0.29) is 39.5 Å². The number of carbonyl (C=O) groups excluding carboxylic acids is 1. The number of hydrogen-bond donors (Lipinski definition) is 1. The first-order valence-corrected chi connectivity index (χ1v) is 11.4. The van der Waals surface area contributed by atoms with E-state index in [2.05, 4.69) is 4.99 Å². The van der Waals surface area contributed by atoms with Gasteiger partial charge in [-0.25, -0.2) is 9.79 Å². The highest BCUT2D eigenvalue weighted by atomic mass is 32.1. The Morgan fingerprint density at radius 1 is 1.31 bits per heavy atom. The zero-order valence-corrected chi connectivity index (χ0v) is 19.9. The van der Waals surface area contributed by atoms with Crippen molar-refractivity contribution in [3.05, 3.63) is 89.0 Å². The highest BCUT2D eigenvalue weighted by Gasteiger charge is 2.32. The van der Waals surface area contributed by atoms with Gasteiger partial charge in [0.25, 0.3) is 11.2 Å². The monoisotopic (exact) mass is 495 g/mol. The summed E-state index contributed by atoms with van der Waals surface area (Å²) in [6, 6.07) is 9.90. The predicted molar refractivity (Wildman–Crippen MR) is 129 cm³/mol. The van der Waals surface area contributed by atoms with Gasteiger partial charge in [0.2, 0.25) is 0 Å². The minimum Gasteiger partial charge on any atom is -0.504 e. The summed E-state index contributed by atoms with van der Waals surface area (Å²) in [5.74, 6) is -0.489. The van der Waals surface area contributed by atoms with Crippen LogP contribution in [0.15, 0.2) is 57.8 Å². The van der Waals surface area contributed by atoms with Crippen LogP contribution >= 0.6 is 11.3 Å². The number of ether oxygens (including phenoxy) is 2. The molecule has 1 aliphatic heterocycles. The molecule has 2 heterocycles. The summed E-state index contributed by atoms with van der Waals surface area (Å²) in [5, 5.41) is 21.4. The number of nitrogens with zero attached hydrogens (tertiary/aromatic N) is 3. The molecule has 10 nitrogen and oxygen atoms in total. The number of para-hydroxylation sites is 1. The third-order valence-electron chi connectivity index (χ3n) is 5.48. The Kier molecular flexibility index (Phi) is 6.52. The summed E-state index contributed by atoms with van der Waals surface area (Å²) in [6.45, 7) is 3.43. The molecule has 0 aliphatic carbocycles. The molecule has 35 heavy (non-hydrogen) atoms. The van der Waals surface area contributed by atoms with Crippen LogP contribution in [-0.4, -0.2) is 34.3 Å². The lowest BCUT2D eigenvalue weighted by molar-refractivity contribution is -0.385. The number of carbonyl (C=O) groups is 1. The van der Waals surface area contributed by atoms with Crippen molar-refractivity contribution in [2.24, 2.45) is 4.99 Å². The van der Waals surface area contributed by atoms with Gasteiger partial charge < -0.3 is 14.6 Å². The number of nitro groups is 1. The van der Waals surface area contributed by atoms with Gasteiger partial charge in [0, 0.05) is 11.8 Å². The van der Waals surface area contributed by atoms with Gasteiger partial charge in [-0.2, -0.15) is 0 Å². The van der Waals surface area contributed by atoms with E-state index in [0.717, 1.165) is 11.3 Å². The number of aromatic hydroxyl groups is 1. The van der Waals surface area contributed by atoms with Crippen LogP contribution in [0, 0.1) is 10.1 Å². The van der Waals surface area contributed by atoms with Crippen LogP contribution in [0.25, 0.3) is 11.8 Å². The van der Waals surface area contributed by atoms with Gasteiger partial charge in [-0.15, -0.1) is 0 Å². The van der Waals surface area contributed by atoms with Crippen LogP contribution in [0.2, 0.25) is 0 Å². The van der Waals surface area contributed by atoms with Gasteiger partial charge in [0.1, 0.15) is 6.04 Å². The number of phenols is 1. The zero-order valence-electron chi connectivity index (χ0n) is 19.0. The third-order valence-corrected chi connectivity index (χ3v) is 6.46. The topological polar surface area (TPSA) is 133 Å². The molecule has 180 valence electrons. The Morgan fingerprint density at radius 3 is 2.74 bits per heavy atom. The van der Waals surface area contributed by atoms with Gasteiger partial charge in [-0.3, -0.25) is 19.5 Å². The van der Waals surface area contributed by atoms with Crippen LogP contribution in [-0.2, 0) is 9.53 Å². The van der Waals surface area contributed by atoms with Crippen LogP contribution in [0.4, 0.5) is 5.69 Å². The zero-order chi connectivity index (χ0) is 25.3. The highest BCUT2D eigenvalue weighted by Crippen LogP contribution is 2.36. The molecule has 0 unspecified atom stereocenters. The molecule has 11 heteroatoms. The molecule has 4 rings (SSSR count). The first-order valence-electron chi connectivity index (χ1n) is 10.6. The van der Waals surface area contributed by atoms with Gasteiger partial charge in [-0.05, 0) is 43.7 Å². The van der Waals surface area contributed by atoms with Crippen molar-refractivity contribution in [1.29, 1.82) is 0 Å². The molecule has 0 saturated heterocycles. The van der Waals surface area contributed by atoms with Gasteiger partial charge in [0.05, 0.1) is 34.3 Å². The second-order valence-corrected chi connectivity index (χ2v) is 8.54. The molecule has 3 aromatic rings. The van der Waals surface area contributed by atoms with Gasteiger partial charge in [0.15, 0.2) is 16.3 Å². The van der Waals surface area contributed by atoms with E-state index < -0.39 is 22.5 Å². The summed E-state index contributed by atoms with van der Waals surface area (Å²) < 4.78 is 12.0. The summed E-state index contributed by atoms with van der Waals surface area (Å²) in [7, 11) is 1.41. The number of aromatic nitrogens is 1. The lowest BCUT2D eigenvalue weighted by atomic mass is 9.96. The number of fused-ring (bicyclic) bond motifs is 1. The fourth-order valence-corrected chi connectivity index (χ4v) is 4.87. The van der Waals surface area contributed by atoms with Crippen molar-refractivity contribution in [1.82, 2.24) is 4.57 Å². The average molecular weight is 496 g/mol. The fraction of sp³-hybridized carbons (Fsp3) is 0.208. The Balaban J connectivity index is 1.98. The van der Waals surface area contributed by atoms with E-state index in [1.54, 1.807) is 44.2 Å². The lowest BCUT2D eigenvalue weighted by Crippen LogP contribution is -2.35. The molecule has 0 spiro atoms. The second kappa shape index (κ2) is 9.55. The number of thiazole rings is 1. The van der Waals surface area contributed by atoms with Gasteiger partial charge >= 0.3 is 5.97 Å². The van der Waals surface area contributed by atoms with Crippen molar-refractivity contribution in [3.8, 4) is 11.5 Å².